The lowest BCUT2D eigenvalue weighted by Gasteiger charge is -2.03. The van der Waals surface area contributed by atoms with Crippen LogP contribution in [0.5, 0.6) is 0 Å². The summed E-state index contributed by atoms with van der Waals surface area (Å²) in [5.41, 5.74) is 0.218. The van der Waals surface area contributed by atoms with Crippen LogP contribution < -0.4 is 0 Å². The first-order chi connectivity index (χ1) is 9.90. The Morgan fingerprint density at radius 3 is 2.14 bits per heavy atom. The fourth-order valence-electron chi connectivity index (χ4n) is 1.65. The smallest absolute Gasteiger partial charge is 0.283 e. The maximum Gasteiger partial charge on any atom is 0.326 e. The summed E-state index contributed by atoms with van der Waals surface area (Å²) in [7, 11) is -2.93. The summed E-state index contributed by atoms with van der Waals surface area (Å²) < 4.78 is 16.8. The van der Waals surface area contributed by atoms with Gasteiger partial charge in [0, 0.05) is 21.2 Å². The van der Waals surface area contributed by atoms with Crippen LogP contribution in [0, 0.1) is 0 Å². The number of amides is 1. The largest absolute Gasteiger partial charge is 0.326 e. The lowest BCUT2D eigenvalue weighted by atomic mass is 10.1. The Hall–Kier alpha value is -1.79. The molecule has 0 radical (unpaired) electrons. The molecule has 108 valence electrons. The number of hydrogen-bond donors (Lipinski definition) is 0. The van der Waals surface area contributed by atoms with E-state index >= 15 is 0 Å². The zero-order chi connectivity index (χ0) is 15.5. The molecule has 4 nitrogen and oxygen atoms in total. The van der Waals surface area contributed by atoms with E-state index < -0.39 is 21.4 Å². The molecule has 6 heteroatoms. The predicted molar refractivity (Wildman–Crippen MR) is 84.7 cm³/mol. The molecule has 0 saturated heterocycles. The van der Waals surface area contributed by atoms with E-state index in [1.807, 2.05) is 0 Å². The van der Waals surface area contributed by atoms with Crippen molar-refractivity contribution in [1.82, 2.24) is 0 Å². The summed E-state index contributed by atoms with van der Waals surface area (Å²) in [5, 5.41) is 0. The molecule has 1 atom stereocenters. The maximum atomic E-state index is 12.4. The molecule has 0 spiro atoms. The third-order valence-electron chi connectivity index (χ3n) is 2.74. The number of halogens is 1. The van der Waals surface area contributed by atoms with Crippen molar-refractivity contribution >= 4 is 37.3 Å². The highest BCUT2D eigenvalue weighted by molar-refractivity contribution is 9.10. The van der Waals surface area contributed by atoms with Crippen molar-refractivity contribution in [3.05, 3.63) is 64.6 Å². The number of rotatable bonds is 3. The first kappa shape index (κ1) is 15.6. The second-order valence-electron chi connectivity index (χ2n) is 4.35. The van der Waals surface area contributed by atoms with Gasteiger partial charge in [-0.3, -0.25) is 9.59 Å². The van der Waals surface area contributed by atoms with Crippen LogP contribution in [0.25, 0.3) is 0 Å². The molecule has 0 aromatic heterocycles. The van der Waals surface area contributed by atoms with Crippen molar-refractivity contribution in [3.63, 3.8) is 0 Å². The lowest BCUT2D eigenvalue weighted by molar-refractivity contribution is -0.113. The standard InChI is InChI=1S/C15H12BrNO3S/c1-21(20,13-5-3-2-4-6-13)17-15(19)14(18)11-7-9-12(16)10-8-11/h2-10H,1H3. The number of carbonyl (C=O) groups excluding carboxylic acids is 2. The molecule has 0 aliphatic heterocycles. The van der Waals surface area contributed by atoms with E-state index in [0.717, 1.165) is 4.47 Å². The van der Waals surface area contributed by atoms with E-state index in [-0.39, 0.29) is 5.56 Å². The Kier molecular flexibility index (Phi) is 4.69. The molecular weight excluding hydrogens is 354 g/mol. The van der Waals surface area contributed by atoms with E-state index in [1.54, 1.807) is 42.5 Å². The third kappa shape index (κ3) is 3.86. The van der Waals surface area contributed by atoms with Crippen molar-refractivity contribution in [2.75, 3.05) is 6.26 Å². The highest BCUT2D eigenvalue weighted by Crippen LogP contribution is 2.14. The Morgan fingerprint density at radius 2 is 1.57 bits per heavy atom. The summed E-state index contributed by atoms with van der Waals surface area (Å²) >= 11 is 3.25. The lowest BCUT2D eigenvalue weighted by Crippen LogP contribution is -2.14. The van der Waals surface area contributed by atoms with Crippen LogP contribution in [0.1, 0.15) is 10.4 Å². The zero-order valence-electron chi connectivity index (χ0n) is 11.2. The SMILES string of the molecule is CS(=O)(=NC(=O)C(=O)c1ccc(Br)cc1)c1ccccc1. The van der Waals surface area contributed by atoms with Crippen LogP contribution in [0.3, 0.4) is 0 Å². The topological polar surface area (TPSA) is 63.6 Å². The number of Topliss-reactive ketones (excluding diaryl/α,β-unsaturated/α-hetero) is 1. The first-order valence-corrected chi connectivity index (χ1v) is 8.73. The van der Waals surface area contributed by atoms with Crippen molar-refractivity contribution in [3.8, 4) is 0 Å². The maximum absolute atomic E-state index is 12.4. The molecule has 0 saturated carbocycles. The van der Waals surface area contributed by atoms with Gasteiger partial charge < -0.3 is 0 Å². The highest BCUT2D eigenvalue weighted by atomic mass is 79.9. The Morgan fingerprint density at radius 1 is 1.00 bits per heavy atom. The number of carbonyl (C=O) groups is 2. The Bertz CT molecular complexity index is 791. The second-order valence-corrected chi connectivity index (χ2v) is 7.52. The number of hydrogen-bond acceptors (Lipinski definition) is 3. The van der Waals surface area contributed by atoms with Crippen LogP contribution in [0.4, 0.5) is 0 Å². The van der Waals surface area contributed by atoms with Gasteiger partial charge in [-0.2, -0.15) is 4.36 Å². The molecule has 2 aromatic carbocycles. The average Bonchev–Trinajstić information content (AvgIpc) is 2.48. The minimum atomic E-state index is -2.93. The molecule has 2 aromatic rings. The van der Waals surface area contributed by atoms with E-state index in [1.165, 1.54) is 18.4 Å². The molecule has 0 fully saturated rings. The van der Waals surface area contributed by atoms with Crippen LogP contribution in [-0.4, -0.2) is 22.2 Å². The van der Waals surface area contributed by atoms with E-state index in [9.17, 15) is 13.8 Å². The molecule has 1 unspecified atom stereocenters. The molecular formula is C15H12BrNO3S. The van der Waals surface area contributed by atoms with E-state index in [4.69, 9.17) is 0 Å². The Labute approximate surface area is 131 Å². The predicted octanol–water partition coefficient (Wildman–Crippen LogP) is 3.32. The molecule has 21 heavy (non-hydrogen) atoms. The van der Waals surface area contributed by atoms with Gasteiger partial charge >= 0.3 is 5.91 Å². The summed E-state index contributed by atoms with van der Waals surface area (Å²) in [6.07, 6.45) is 1.34. The first-order valence-electron chi connectivity index (χ1n) is 6.01. The number of nitrogens with zero attached hydrogens (tertiary/aromatic N) is 1. The van der Waals surface area contributed by atoms with Crippen molar-refractivity contribution in [2.45, 2.75) is 4.90 Å². The molecule has 1 amide bonds. The van der Waals surface area contributed by atoms with Gasteiger partial charge in [0.1, 0.15) is 0 Å². The normalized spacial score (nSPS) is 13.2. The minimum Gasteiger partial charge on any atom is -0.283 e. The summed E-state index contributed by atoms with van der Waals surface area (Å²) in [6.45, 7) is 0. The van der Waals surface area contributed by atoms with Crippen LogP contribution in [0.2, 0.25) is 0 Å². The molecule has 0 aliphatic rings. The van der Waals surface area contributed by atoms with Gasteiger partial charge in [0.25, 0.3) is 5.78 Å². The average molecular weight is 366 g/mol. The summed E-state index contributed by atoms with van der Waals surface area (Å²) in [4.78, 5) is 24.3. The fourth-order valence-corrected chi connectivity index (χ4v) is 3.08. The quantitative estimate of drug-likeness (QED) is 0.618. The van der Waals surface area contributed by atoms with Crippen molar-refractivity contribution in [2.24, 2.45) is 4.36 Å². The highest BCUT2D eigenvalue weighted by Gasteiger charge is 2.18. The molecule has 2 rings (SSSR count). The number of benzene rings is 2. The van der Waals surface area contributed by atoms with Gasteiger partial charge in [-0.15, -0.1) is 0 Å². The van der Waals surface area contributed by atoms with Gasteiger partial charge in [0.05, 0.1) is 9.73 Å². The van der Waals surface area contributed by atoms with Gasteiger partial charge in [0.15, 0.2) is 0 Å². The molecule has 0 aliphatic carbocycles. The molecule has 0 heterocycles. The van der Waals surface area contributed by atoms with Crippen LogP contribution in [0.15, 0.2) is 68.3 Å². The fraction of sp³-hybridized carbons (Fsp3) is 0.0667. The van der Waals surface area contributed by atoms with Gasteiger partial charge in [-0.25, -0.2) is 4.21 Å². The minimum absolute atomic E-state index is 0.218. The van der Waals surface area contributed by atoms with Crippen LogP contribution in [-0.2, 0) is 14.5 Å². The molecule has 0 bridgehead atoms. The molecule has 0 N–H and O–H groups in total. The monoisotopic (exact) mass is 365 g/mol. The van der Waals surface area contributed by atoms with Crippen molar-refractivity contribution in [1.29, 1.82) is 0 Å². The second kappa shape index (κ2) is 6.32. The van der Waals surface area contributed by atoms with E-state index in [2.05, 4.69) is 20.3 Å². The van der Waals surface area contributed by atoms with Gasteiger partial charge in [0.2, 0.25) is 0 Å². The van der Waals surface area contributed by atoms with E-state index in [0.29, 0.717) is 4.90 Å². The Balaban J connectivity index is 2.32. The third-order valence-corrected chi connectivity index (χ3v) is 4.93. The zero-order valence-corrected chi connectivity index (χ0v) is 13.6. The number of ketones is 1. The van der Waals surface area contributed by atoms with Gasteiger partial charge in [-0.1, -0.05) is 34.1 Å². The van der Waals surface area contributed by atoms with Gasteiger partial charge in [-0.05, 0) is 36.4 Å². The summed E-state index contributed by atoms with van der Waals surface area (Å²) in [5.74, 6) is -1.78. The van der Waals surface area contributed by atoms with Crippen LogP contribution >= 0.6 is 15.9 Å². The summed E-state index contributed by atoms with van der Waals surface area (Å²) in [6, 6.07) is 14.7. The van der Waals surface area contributed by atoms with Crippen molar-refractivity contribution < 1.29 is 13.8 Å².